The minimum absolute atomic E-state index is 0.113. The van der Waals surface area contributed by atoms with Crippen molar-refractivity contribution in [2.45, 2.75) is 44.1 Å². The van der Waals surface area contributed by atoms with Crippen molar-refractivity contribution in [3.63, 3.8) is 0 Å². The van der Waals surface area contributed by atoms with Crippen molar-refractivity contribution in [2.75, 3.05) is 50.8 Å². The Kier molecular flexibility index (Phi) is 6.23. The van der Waals surface area contributed by atoms with Crippen LogP contribution in [0.2, 0.25) is 0 Å². The van der Waals surface area contributed by atoms with E-state index in [2.05, 4.69) is 4.98 Å². The van der Waals surface area contributed by atoms with E-state index in [0.29, 0.717) is 69.7 Å². The molecule has 206 valence electrons. The number of halogens is 1. The zero-order valence-corrected chi connectivity index (χ0v) is 22.3. The lowest BCUT2D eigenvalue weighted by atomic mass is 9.92. The van der Waals surface area contributed by atoms with E-state index in [4.69, 9.17) is 9.47 Å². The summed E-state index contributed by atoms with van der Waals surface area (Å²) in [6, 6.07) is 6.89. The topological polar surface area (TPSA) is 92.3 Å². The number of benzene rings is 1. The molecule has 1 aromatic carbocycles. The first-order valence-corrected chi connectivity index (χ1v) is 13.7. The molecule has 2 aromatic rings. The Labute approximate surface area is 226 Å². The number of piperazine rings is 1. The molecular formula is C29H33FN4O5. The van der Waals surface area contributed by atoms with Gasteiger partial charge in [0.15, 0.2) is 5.60 Å². The number of ether oxygens (including phenoxy) is 2. The third kappa shape index (κ3) is 4.39. The average molecular weight is 537 g/mol. The molecule has 1 saturated carbocycles. The fourth-order valence-electron chi connectivity index (χ4n) is 6.09. The number of likely N-dealkylation sites (tertiary alicyclic amines) is 1. The highest BCUT2D eigenvalue weighted by Gasteiger charge is 2.58. The number of carbonyl (C=O) groups excluding carboxylic acids is 3. The predicted octanol–water partition coefficient (Wildman–Crippen LogP) is 3.47. The fourth-order valence-corrected chi connectivity index (χ4v) is 6.09. The minimum atomic E-state index is -0.878. The molecule has 1 aromatic heterocycles. The SMILES string of the molecule is CC(C)COC(=O)N1CCN(c2ccc(C3(C(=O)N4CCC5(C4)OC(=O)c4cnccc45)CC3)c(F)c2)CC1. The van der Waals surface area contributed by atoms with Crippen molar-refractivity contribution in [3.05, 3.63) is 59.2 Å². The lowest BCUT2D eigenvalue weighted by Crippen LogP contribution is -2.49. The van der Waals surface area contributed by atoms with Gasteiger partial charge in [-0.25, -0.2) is 14.0 Å². The highest BCUT2D eigenvalue weighted by molar-refractivity contribution is 5.95. The Hall–Kier alpha value is -3.69. The Morgan fingerprint density at radius 1 is 1.05 bits per heavy atom. The van der Waals surface area contributed by atoms with E-state index in [9.17, 15) is 14.4 Å². The number of pyridine rings is 1. The van der Waals surface area contributed by atoms with E-state index in [0.717, 1.165) is 11.3 Å². The minimum Gasteiger partial charge on any atom is -0.449 e. The Bertz CT molecular complexity index is 1320. The van der Waals surface area contributed by atoms with Gasteiger partial charge < -0.3 is 24.2 Å². The second-order valence-corrected chi connectivity index (χ2v) is 11.5. The number of hydrogen-bond acceptors (Lipinski definition) is 7. The molecule has 2 amide bonds. The lowest BCUT2D eigenvalue weighted by Gasteiger charge is -2.35. The summed E-state index contributed by atoms with van der Waals surface area (Å²) in [6.07, 6.45) is 4.51. The zero-order chi connectivity index (χ0) is 27.4. The number of carbonyl (C=O) groups is 3. The molecule has 3 fully saturated rings. The summed E-state index contributed by atoms with van der Waals surface area (Å²) in [5.74, 6) is -0.643. The van der Waals surface area contributed by atoms with Crippen LogP contribution in [-0.2, 0) is 25.3 Å². The van der Waals surface area contributed by atoms with Gasteiger partial charge in [0, 0.05) is 68.4 Å². The van der Waals surface area contributed by atoms with E-state index in [1.54, 1.807) is 28.1 Å². The van der Waals surface area contributed by atoms with Crippen molar-refractivity contribution in [1.29, 1.82) is 0 Å². The van der Waals surface area contributed by atoms with E-state index in [1.165, 1.54) is 12.3 Å². The largest absolute Gasteiger partial charge is 0.449 e. The monoisotopic (exact) mass is 536 g/mol. The molecule has 1 spiro atoms. The summed E-state index contributed by atoms with van der Waals surface area (Å²) in [6.45, 7) is 7.24. The van der Waals surface area contributed by atoms with Gasteiger partial charge in [-0.2, -0.15) is 0 Å². The molecule has 39 heavy (non-hydrogen) atoms. The molecule has 0 bridgehead atoms. The van der Waals surface area contributed by atoms with Crippen molar-refractivity contribution >= 4 is 23.7 Å². The van der Waals surface area contributed by atoms with Gasteiger partial charge in [0.25, 0.3) is 0 Å². The second-order valence-electron chi connectivity index (χ2n) is 11.5. The number of nitrogens with zero attached hydrogens (tertiary/aromatic N) is 4. The molecule has 0 N–H and O–H groups in total. The Morgan fingerprint density at radius 2 is 1.82 bits per heavy atom. The summed E-state index contributed by atoms with van der Waals surface area (Å²) >= 11 is 0. The third-order valence-electron chi connectivity index (χ3n) is 8.41. The molecule has 3 aliphatic heterocycles. The molecular weight excluding hydrogens is 503 g/mol. The van der Waals surface area contributed by atoms with Gasteiger partial charge in [0.05, 0.1) is 24.1 Å². The van der Waals surface area contributed by atoms with Crippen molar-refractivity contribution in [1.82, 2.24) is 14.8 Å². The first kappa shape index (κ1) is 25.6. The molecule has 6 rings (SSSR count). The molecule has 4 heterocycles. The molecule has 1 unspecified atom stereocenters. The van der Waals surface area contributed by atoms with Crippen LogP contribution < -0.4 is 4.90 Å². The first-order valence-electron chi connectivity index (χ1n) is 13.7. The number of hydrogen-bond donors (Lipinski definition) is 0. The summed E-state index contributed by atoms with van der Waals surface area (Å²) in [5, 5.41) is 0. The van der Waals surface area contributed by atoms with Crippen molar-refractivity contribution < 1.29 is 28.2 Å². The normalized spacial score (nSPS) is 23.3. The molecule has 1 atom stereocenters. The number of anilines is 1. The molecule has 9 nitrogen and oxygen atoms in total. The number of fused-ring (bicyclic) bond motifs is 2. The molecule has 10 heteroatoms. The highest BCUT2D eigenvalue weighted by atomic mass is 19.1. The smallest absolute Gasteiger partial charge is 0.409 e. The third-order valence-corrected chi connectivity index (χ3v) is 8.41. The van der Waals surface area contributed by atoms with Crippen LogP contribution in [0.1, 0.15) is 54.6 Å². The quantitative estimate of drug-likeness (QED) is 0.541. The maximum absolute atomic E-state index is 15.6. The van der Waals surface area contributed by atoms with E-state index < -0.39 is 22.8 Å². The number of aromatic nitrogens is 1. The Morgan fingerprint density at radius 3 is 2.51 bits per heavy atom. The van der Waals surface area contributed by atoms with Crippen LogP contribution in [0.25, 0.3) is 0 Å². The maximum Gasteiger partial charge on any atom is 0.409 e. The number of amides is 2. The van der Waals surface area contributed by atoms with Crippen LogP contribution in [0.15, 0.2) is 36.7 Å². The van der Waals surface area contributed by atoms with E-state index >= 15 is 4.39 Å². The van der Waals surface area contributed by atoms with Crippen LogP contribution in [0.5, 0.6) is 0 Å². The van der Waals surface area contributed by atoms with Gasteiger partial charge >= 0.3 is 12.1 Å². The van der Waals surface area contributed by atoms with Gasteiger partial charge in [-0.1, -0.05) is 19.9 Å². The zero-order valence-electron chi connectivity index (χ0n) is 22.3. The van der Waals surface area contributed by atoms with Gasteiger partial charge in [-0.15, -0.1) is 0 Å². The van der Waals surface area contributed by atoms with Crippen molar-refractivity contribution in [2.24, 2.45) is 5.92 Å². The summed E-state index contributed by atoms with van der Waals surface area (Å²) < 4.78 is 26.6. The maximum atomic E-state index is 15.6. The van der Waals surface area contributed by atoms with Crippen LogP contribution in [0, 0.1) is 11.7 Å². The van der Waals surface area contributed by atoms with E-state index in [1.807, 2.05) is 24.8 Å². The Balaban J connectivity index is 1.12. The summed E-state index contributed by atoms with van der Waals surface area (Å²) in [7, 11) is 0. The van der Waals surface area contributed by atoms with Crippen molar-refractivity contribution in [3.8, 4) is 0 Å². The van der Waals surface area contributed by atoms with Gasteiger partial charge in [0.1, 0.15) is 5.82 Å². The summed E-state index contributed by atoms with van der Waals surface area (Å²) in [4.78, 5) is 47.9. The molecule has 1 aliphatic carbocycles. The van der Waals surface area contributed by atoms with Crippen LogP contribution in [-0.4, -0.2) is 78.6 Å². The lowest BCUT2D eigenvalue weighted by molar-refractivity contribution is -0.134. The summed E-state index contributed by atoms with van der Waals surface area (Å²) in [5.41, 5.74) is 0.636. The highest BCUT2D eigenvalue weighted by Crippen LogP contribution is 2.53. The number of rotatable bonds is 5. The fraction of sp³-hybridized carbons (Fsp3) is 0.517. The molecule has 2 saturated heterocycles. The van der Waals surface area contributed by atoms with Gasteiger partial charge in [-0.3, -0.25) is 9.78 Å². The van der Waals surface area contributed by atoms with Gasteiger partial charge in [0.2, 0.25) is 5.91 Å². The predicted molar refractivity (Wildman–Crippen MR) is 140 cm³/mol. The molecule has 4 aliphatic rings. The molecule has 0 radical (unpaired) electrons. The van der Waals surface area contributed by atoms with E-state index in [-0.39, 0.29) is 24.5 Å². The number of esters is 1. The van der Waals surface area contributed by atoms with Crippen LogP contribution >= 0.6 is 0 Å². The van der Waals surface area contributed by atoms with Crippen LogP contribution in [0.3, 0.4) is 0 Å². The van der Waals surface area contributed by atoms with Gasteiger partial charge in [-0.05, 0) is 37.0 Å². The second kappa shape index (κ2) is 9.50. The van der Waals surface area contributed by atoms with Crippen LogP contribution in [0.4, 0.5) is 14.9 Å². The standard InChI is InChI=1S/C29H33FN4O5/c1-19(2)17-38-27(37)33-13-11-32(12-14-33)20-3-4-23(24(30)15-20)28(6-7-28)26(36)34-10-8-29(18-34)22-5-9-31-16-21(22)25(35)39-29/h3-5,9,15-16,19H,6-8,10-14,17-18H2,1-2H3. The first-order chi connectivity index (χ1) is 18.7. The average Bonchev–Trinajstić information content (AvgIpc) is 3.56.